The van der Waals surface area contributed by atoms with Gasteiger partial charge in [0.05, 0.1) is 12.6 Å². The summed E-state index contributed by atoms with van der Waals surface area (Å²) < 4.78 is 5.54. The van der Waals surface area contributed by atoms with Gasteiger partial charge in [-0.05, 0) is 30.7 Å². The lowest BCUT2D eigenvalue weighted by Gasteiger charge is -2.20. The predicted octanol–water partition coefficient (Wildman–Crippen LogP) is 2.96. The number of aliphatic hydroxyl groups excluding tert-OH is 1. The van der Waals surface area contributed by atoms with E-state index in [2.05, 4.69) is 24.4 Å². The first kappa shape index (κ1) is 14.9. The van der Waals surface area contributed by atoms with E-state index in [1.165, 1.54) is 12.8 Å². The Morgan fingerprint density at radius 1 is 1.40 bits per heavy atom. The number of unbranched alkanes of at least 4 members (excludes halogenated alkanes) is 2. The fraction of sp³-hybridized carbons (Fsp3) is 0.500. The molecule has 1 saturated heterocycles. The lowest BCUT2D eigenvalue weighted by molar-refractivity contribution is -0.0762. The second-order valence-electron chi connectivity index (χ2n) is 5.02. The van der Waals surface area contributed by atoms with Crippen molar-refractivity contribution in [3.05, 3.63) is 36.4 Å². The van der Waals surface area contributed by atoms with Crippen LogP contribution in [-0.2, 0) is 4.74 Å². The van der Waals surface area contributed by atoms with E-state index in [0.29, 0.717) is 6.54 Å². The van der Waals surface area contributed by atoms with Gasteiger partial charge in [-0.15, -0.1) is 0 Å². The Bertz CT molecular complexity index is 431. The van der Waals surface area contributed by atoms with Gasteiger partial charge in [-0.3, -0.25) is 0 Å². The first-order valence-corrected chi connectivity index (χ1v) is 7.29. The zero-order chi connectivity index (χ0) is 14.4. The van der Waals surface area contributed by atoms with Gasteiger partial charge in [0.25, 0.3) is 0 Å². The summed E-state index contributed by atoms with van der Waals surface area (Å²) in [6.45, 7) is 2.86. The third-order valence-corrected chi connectivity index (χ3v) is 3.50. The van der Waals surface area contributed by atoms with Gasteiger partial charge in [-0.2, -0.15) is 0 Å². The van der Waals surface area contributed by atoms with Crippen LogP contribution in [0.2, 0.25) is 0 Å². The van der Waals surface area contributed by atoms with Gasteiger partial charge in [-0.1, -0.05) is 31.9 Å². The number of benzene rings is 1. The van der Waals surface area contributed by atoms with Gasteiger partial charge in [-0.25, -0.2) is 0 Å². The van der Waals surface area contributed by atoms with Crippen LogP contribution in [-0.4, -0.2) is 31.2 Å². The summed E-state index contributed by atoms with van der Waals surface area (Å²) >= 11 is 0. The van der Waals surface area contributed by atoms with Gasteiger partial charge in [0, 0.05) is 18.4 Å². The quantitative estimate of drug-likeness (QED) is 0.619. The van der Waals surface area contributed by atoms with Crippen molar-refractivity contribution >= 4 is 11.4 Å². The molecule has 4 nitrogen and oxygen atoms in total. The summed E-state index contributed by atoms with van der Waals surface area (Å²) in [5.41, 5.74) is 2.03. The van der Waals surface area contributed by atoms with Crippen LogP contribution in [0.4, 0.5) is 11.4 Å². The molecule has 0 saturated carbocycles. The van der Waals surface area contributed by atoms with E-state index in [-0.39, 0.29) is 6.10 Å². The average molecular weight is 276 g/mol. The molecule has 1 heterocycles. The Kier molecular flexibility index (Phi) is 5.44. The highest BCUT2D eigenvalue weighted by atomic mass is 16.6. The van der Waals surface area contributed by atoms with Gasteiger partial charge in [0.2, 0.25) is 6.41 Å². The molecule has 2 atom stereocenters. The maximum atomic E-state index is 10.00. The minimum atomic E-state index is -0.865. The maximum Gasteiger partial charge on any atom is 0.238 e. The molecule has 0 spiro atoms. The summed E-state index contributed by atoms with van der Waals surface area (Å²) in [6, 6.07) is 7.96. The van der Waals surface area contributed by atoms with E-state index in [9.17, 15) is 5.11 Å². The molecule has 1 aromatic rings. The summed E-state index contributed by atoms with van der Waals surface area (Å²) in [5.74, 6) is 0. The predicted molar refractivity (Wildman–Crippen MR) is 82.9 cm³/mol. The molecule has 0 amide bonds. The van der Waals surface area contributed by atoms with Crippen molar-refractivity contribution < 1.29 is 9.84 Å². The van der Waals surface area contributed by atoms with E-state index in [1.54, 1.807) is 0 Å². The first-order chi connectivity index (χ1) is 9.74. The van der Waals surface area contributed by atoms with Gasteiger partial charge < -0.3 is 20.1 Å². The Hall–Kier alpha value is -1.52. The highest BCUT2D eigenvalue weighted by Crippen LogP contribution is 2.25. The van der Waals surface area contributed by atoms with E-state index in [1.807, 2.05) is 36.2 Å². The molecule has 0 bridgehead atoms. The molecule has 1 aliphatic heterocycles. The smallest absolute Gasteiger partial charge is 0.238 e. The van der Waals surface area contributed by atoms with Gasteiger partial charge in [0.1, 0.15) is 0 Å². The second kappa shape index (κ2) is 7.31. The second-order valence-corrected chi connectivity index (χ2v) is 5.02. The molecule has 110 valence electrons. The first-order valence-electron chi connectivity index (χ1n) is 7.29. The molecular formula is C16H24N2O2. The number of nitrogens with one attached hydrogen (secondary N) is 1. The molecule has 0 radical (unpaired) electrons. The fourth-order valence-corrected chi connectivity index (χ4v) is 2.29. The molecule has 1 fully saturated rings. The van der Waals surface area contributed by atoms with Crippen LogP contribution < -0.4 is 10.2 Å². The lowest BCUT2D eigenvalue weighted by Crippen LogP contribution is -2.29. The Balaban J connectivity index is 1.94. The molecular weight excluding hydrogens is 252 g/mol. The van der Waals surface area contributed by atoms with Crippen molar-refractivity contribution in [1.29, 1.82) is 0 Å². The largest absolute Gasteiger partial charge is 0.388 e. The Morgan fingerprint density at radius 3 is 2.80 bits per heavy atom. The number of aliphatic hydroxyl groups is 1. The summed E-state index contributed by atoms with van der Waals surface area (Å²) in [5, 5.41) is 13.1. The zero-order valence-electron chi connectivity index (χ0n) is 12.2. The number of hydrogen-bond donors (Lipinski definition) is 2. The van der Waals surface area contributed by atoms with Crippen LogP contribution in [0.5, 0.6) is 0 Å². The Morgan fingerprint density at radius 2 is 2.15 bits per heavy atom. The normalized spacial score (nSPS) is 22.6. The van der Waals surface area contributed by atoms with E-state index in [0.717, 1.165) is 17.8 Å². The summed E-state index contributed by atoms with van der Waals surface area (Å²) in [4.78, 5) is 1.87. The van der Waals surface area contributed by atoms with Crippen LogP contribution in [0.25, 0.3) is 0 Å². The van der Waals surface area contributed by atoms with E-state index in [4.69, 9.17) is 4.74 Å². The Labute approximate surface area is 121 Å². The van der Waals surface area contributed by atoms with Crippen molar-refractivity contribution in [2.75, 3.05) is 23.8 Å². The van der Waals surface area contributed by atoms with Crippen LogP contribution in [0.15, 0.2) is 36.4 Å². The lowest BCUT2D eigenvalue weighted by atomic mass is 10.2. The minimum absolute atomic E-state index is 0.0363. The summed E-state index contributed by atoms with van der Waals surface area (Å²) in [7, 11) is 1.89. The average Bonchev–Trinajstić information content (AvgIpc) is 2.85. The number of nitrogens with zero attached hydrogens (tertiary/aromatic N) is 1. The van der Waals surface area contributed by atoms with Gasteiger partial charge >= 0.3 is 0 Å². The van der Waals surface area contributed by atoms with Crippen LogP contribution >= 0.6 is 0 Å². The number of hydrogen-bond acceptors (Lipinski definition) is 4. The van der Waals surface area contributed by atoms with Crippen LogP contribution in [0, 0.1) is 0 Å². The zero-order valence-corrected chi connectivity index (χ0v) is 12.2. The van der Waals surface area contributed by atoms with E-state index >= 15 is 0 Å². The van der Waals surface area contributed by atoms with Crippen molar-refractivity contribution in [3.8, 4) is 0 Å². The fourth-order valence-electron chi connectivity index (χ4n) is 2.29. The number of ether oxygens (including phenoxy) is 1. The molecule has 0 aromatic heterocycles. The minimum Gasteiger partial charge on any atom is -0.388 e. The van der Waals surface area contributed by atoms with Gasteiger partial charge in [0.15, 0.2) is 0 Å². The number of anilines is 2. The van der Waals surface area contributed by atoms with E-state index < -0.39 is 6.41 Å². The maximum absolute atomic E-state index is 10.00. The topological polar surface area (TPSA) is 44.7 Å². The number of allylic oxidation sites excluding steroid dienone is 1. The molecule has 20 heavy (non-hydrogen) atoms. The van der Waals surface area contributed by atoms with Crippen molar-refractivity contribution in [1.82, 2.24) is 0 Å². The van der Waals surface area contributed by atoms with Crippen molar-refractivity contribution in [2.24, 2.45) is 0 Å². The van der Waals surface area contributed by atoms with Crippen LogP contribution in [0.3, 0.4) is 0 Å². The molecule has 2 unspecified atom stereocenters. The standard InChI is InChI=1S/C16H24N2O2/c1-3-4-5-6-7-15-12-18(16(19)20-15)14-10-8-13(17-2)9-11-14/h6-11,15-17,19H,3-5,12H2,1-2H3/b7-6+. The number of rotatable bonds is 6. The molecule has 0 aliphatic carbocycles. The molecule has 2 rings (SSSR count). The third-order valence-electron chi connectivity index (χ3n) is 3.50. The SMILES string of the molecule is CCCC/C=C/C1CN(c2ccc(NC)cc2)C(O)O1. The summed E-state index contributed by atoms with van der Waals surface area (Å²) in [6.07, 6.45) is 6.77. The van der Waals surface area contributed by atoms with Crippen molar-refractivity contribution in [3.63, 3.8) is 0 Å². The van der Waals surface area contributed by atoms with Crippen molar-refractivity contribution in [2.45, 2.75) is 38.7 Å². The monoisotopic (exact) mass is 276 g/mol. The third kappa shape index (κ3) is 3.74. The molecule has 1 aromatic carbocycles. The van der Waals surface area contributed by atoms with Crippen LogP contribution in [0.1, 0.15) is 26.2 Å². The molecule has 1 aliphatic rings. The molecule has 4 heteroatoms. The molecule has 2 N–H and O–H groups in total. The highest BCUT2D eigenvalue weighted by Gasteiger charge is 2.29. The highest BCUT2D eigenvalue weighted by molar-refractivity contribution is 5.55.